The first-order chi connectivity index (χ1) is 13.2. The second-order valence-electron chi connectivity index (χ2n) is 7.07. The van der Waals surface area contributed by atoms with Gasteiger partial charge >= 0.3 is 5.97 Å². The predicted molar refractivity (Wildman–Crippen MR) is 102 cm³/mol. The Labute approximate surface area is 159 Å². The van der Waals surface area contributed by atoms with Gasteiger partial charge in [0.05, 0.1) is 19.8 Å². The number of ether oxygens (including phenoxy) is 2. The molecule has 0 bridgehead atoms. The number of rotatable bonds is 6. The van der Waals surface area contributed by atoms with Gasteiger partial charge in [-0.05, 0) is 25.0 Å². The molecule has 2 aromatic rings. The number of methoxy groups -OCH3 is 1. The van der Waals surface area contributed by atoms with E-state index in [9.17, 15) is 9.59 Å². The van der Waals surface area contributed by atoms with Gasteiger partial charge in [-0.15, -0.1) is 0 Å². The fraction of sp³-hybridized carbons (Fsp3) is 0.524. The summed E-state index contributed by atoms with van der Waals surface area (Å²) in [6, 6.07) is 5.63. The van der Waals surface area contributed by atoms with Gasteiger partial charge in [0.15, 0.2) is 6.61 Å². The molecule has 1 amide bonds. The van der Waals surface area contributed by atoms with Crippen molar-refractivity contribution >= 4 is 22.8 Å². The van der Waals surface area contributed by atoms with Crippen molar-refractivity contribution in [1.29, 1.82) is 0 Å². The van der Waals surface area contributed by atoms with E-state index in [1.807, 2.05) is 12.1 Å². The van der Waals surface area contributed by atoms with Gasteiger partial charge in [-0.3, -0.25) is 9.59 Å². The maximum absolute atomic E-state index is 12.1. The third-order valence-corrected chi connectivity index (χ3v) is 5.03. The van der Waals surface area contributed by atoms with Gasteiger partial charge in [0.2, 0.25) is 0 Å². The van der Waals surface area contributed by atoms with E-state index in [0.717, 1.165) is 36.6 Å². The van der Waals surface area contributed by atoms with Crippen molar-refractivity contribution in [1.82, 2.24) is 5.32 Å². The maximum Gasteiger partial charge on any atom is 0.310 e. The minimum atomic E-state index is -0.443. The van der Waals surface area contributed by atoms with Gasteiger partial charge in [0.25, 0.3) is 5.91 Å². The largest absolute Gasteiger partial charge is 0.497 e. The summed E-state index contributed by atoms with van der Waals surface area (Å²) in [7, 11) is 1.59. The number of nitrogens with one attached hydrogen (secondary N) is 1. The molecule has 1 aromatic heterocycles. The topological polar surface area (TPSA) is 77.8 Å². The Bertz CT molecular complexity index is 774. The molecule has 1 aromatic carbocycles. The van der Waals surface area contributed by atoms with Gasteiger partial charge in [0, 0.05) is 23.1 Å². The zero-order valence-electron chi connectivity index (χ0n) is 15.8. The van der Waals surface area contributed by atoms with Crippen LogP contribution in [-0.2, 0) is 20.7 Å². The standard InChI is InChI=1S/C21H27NO5/c1-25-17-9-10-18-15(13-26-19(18)12-17)11-21(24)27-14-20(23)22-16-7-5-3-2-4-6-8-16/h9-10,12-13,16H,2-8,11,14H2,1H3,(H,22,23). The number of fused-ring (bicyclic) bond motifs is 1. The van der Waals surface area contributed by atoms with Crippen LogP contribution in [0.1, 0.15) is 50.5 Å². The highest BCUT2D eigenvalue weighted by Gasteiger charge is 2.16. The fourth-order valence-corrected chi connectivity index (χ4v) is 3.55. The molecule has 146 valence electrons. The molecule has 6 nitrogen and oxygen atoms in total. The number of amides is 1. The van der Waals surface area contributed by atoms with Crippen molar-refractivity contribution in [3.8, 4) is 5.75 Å². The Morgan fingerprint density at radius 1 is 1.15 bits per heavy atom. The van der Waals surface area contributed by atoms with Crippen molar-refractivity contribution in [2.45, 2.75) is 57.4 Å². The molecule has 0 saturated heterocycles. The van der Waals surface area contributed by atoms with Crippen molar-refractivity contribution in [3.05, 3.63) is 30.0 Å². The van der Waals surface area contributed by atoms with Crippen LogP contribution in [-0.4, -0.2) is 31.6 Å². The van der Waals surface area contributed by atoms with Crippen LogP contribution in [0, 0.1) is 0 Å². The molecule has 1 heterocycles. The van der Waals surface area contributed by atoms with Crippen LogP contribution in [0.3, 0.4) is 0 Å². The monoisotopic (exact) mass is 373 g/mol. The molecule has 6 heteroatoms. The van der Waals surface area contributed by atoms with Gasteiger partial charge in [-0.25, -0.2) is 0 Å². The first-order valence-electron chi connectivity index (χ1n) is 9.65. The number of carbonyl (C=O) groups excluding carboxylic acids is 2. The summed E-state index contributed by atoms with van der Waals surface area (Å²) in [5, 5.41) is 3.83. The molecule has 0 atom stereocenters. The number of benzene rings is 1. The summed E-state index contributed by atoms with van der Waals surface area (Å²) in [4.78, 5) is 24.2. The minimum absolute atomic E-state index is 0.0655. The van der Waals surface area contributed by atoms with E-state index in [2.05, 4.69) is 5.32 Å². The number of hydrogen-bond donors (Lipinski definition) is 1. The number of furan rings is 1. The molecule has 1 fully saturated rings. The Morgan fingerprint density at radius 3 is 2.63 bits per heavy atom. The molecular weight excluding hydrogens is 346 g/mol. The average Bonchev–Trinajstić information content (AvgIpc) is 3.04. The maximum atomic E-state index is 12.1. The third kappa shape index (κ3) is 5.49. The lowest BCUT2D eigenvalue weighted by Gasteiger charge is -2.20. The molecule has 3 rings (SSSR count). The van der Waals surface area contributed by atoms with Gasteiger partial charge in [0.1, 0.15) is 11.3 Å². The molecule has 0 radical (unpaired) electrons. The zero-order chi connectivity index (χ0) is 19.1. The minimum Gasteiger partial charge on any atom is -0.497 e. The quantitative estimate of drug-likeness (QED) is 0.780. The van der Waals surface area contributed by atoms with Crippen LogP contribution in [0.2, 0.25) is 0 Å². The number of hydrogen-bond acceptors (Lipinski definition) is 5. The summed E-state index contributed by atoms with van der Waals surface area (Å²) < 4.78 is 15.8. The Balaban J connectivity index is 1.47. The number of esters is 1. The summed E-state index contributed by atoms with van der Waals surface area (Å²) in [5.41, 5.74) is 1.39. The molecule has 1 aliphatic rings. The lowest BCUT2D eigenvalue weighted by atomic mass is 9.97. The van der Waals surface area contributed by atoms with Gasteiger partial charge in [-0.1, -0.05) is 32.1 Å². The van der Waals surface area contributed by atoms with Crippen molar-refractivity contribution in [3.63, 3.8) is 0 Å². The third-order valence-electron chi connectivity index (χ3n) is 5.03. The van der Waals surface area contributed by atoms with E-state index in [4.69, 9.17) is 13.9 Å². The van der Waals surface area contributed by atoms with Crippen LogP contribution in [0.25, 0.3) is 11.0 Å². The van der Waals surface area contributed by atoms with Crippen LogP contribution >= 0.6 is 0 Å². The molecule has 1 saturated carbocycles. The highest BCUT2D eigenvalue weighted by atomic mass is 16.5. The molecule has 1 N–H and O–H groups in total. The van der Waals surface area contributed by atoms with Gasteiger partial charge in [-0.2, -0.15) is 0 Å². The van der Waals surface area contributed by atoms with E-state index in [1.54, 1.807) is 19.4 Å². The van der Waals surface area contributed by atoms with Crippen LogP contribution < -0.4 is 10.1 Å². The summed E-state index contributed by atoms with van der Waals surface area (Å²) in [6.07, 6.45) is 9.64. The molecule has 0 unspecified atom stereocenters. The highest BCUT2D eigenvalue weighted by molar-refractivity contribution is 5.87. The summed E-state index contributed by atoms with van der Waals surface area (Å²) >= 11 is 0. The first kappa shape index (κ1) is 19.3. The smallest absolute Gasteiger partial charge is 0.310 e. The zero-order valence-corrected chi connectivity index (χ0v) is 15.8. The van der Waals surface area contributed by atoms with E-state index in [0.29, 0.717) is 11.3 Å². The SMILES string of the molecule is COc1ccc2c(CC(=O)OCC(=O)NC3CCCCCCC3)coc2c1. The Morgan fingerprint density at radius 2 is 1.89 bits per heavy atom. The lowest BCUT2D eigenvalue weighted by molar-refractivity contribution is -0.148. The van der Waals surface area contributed by atoms with Crippen LogP contribution in [0.4, 0.5) is 0 Å². The van der Waals surface area contributed by atoms with E-state index < -0.39 is 5.97 Å². The molecule has 0 spiro atoms. The van der Waals surface area contributed by atoms with Crippen molar-refractivity contribution in [2.75, 3.05) is 13.7 Å². The second-order valence-corrected chi connectivity index (χ2v) is 7.07. The fourth-order valence-electron chi connectivity index (χ4n) is 3.55. The molecule has 0 aliphatic heterocycles. The summed E-state index contributed by atoms with van der Waals surface area (Å²) in [6.45, 7) is -0.237. The Hall–Kier alpha value is -2.50. The highest BCUT2D eigenvalue weighted by Crippen LogP contribution is 2.26. The average molecular weight is 373 g/mol. The first-order valence-corrected chi connectivity index (χ1v) is 9.65. The number of carbonyl (C=O) groups is 2. The predicted octanol–water partition coefficient (Wildman–Crippen LogP) is 3.76. The molecular formula is C21H27NO5. The van der Waals surface area contributed by atoms with E-state index in [1.165, 1.54) is 19.3 Å². The van der Waals surface area contributed by atoms with Gasteiger partial charge < -0.3 is 19.2 Å². The van der Waals surface area contributed by atoms with Crippen LogP contribution in [0.15, 0.2) is 28.9 Å². The van der Waals surface area contributed by atoms with E-state index >= 15 is 0 Å². The normalized spacial score (nSPS) is 15.7. The van der Waals surface area contributed by atoms with Crippen LogP contribution in [0.5, 0.6) is 5.75 Å². The van der Waals surface area contributed by atoms with Crippen molar-refractivity contribution < 1.29 is 23.5 Å². The lowest BCUT2D eigenvalue weighted by Crippen LogP contribution is -2.38. The molecule has 1 aliphatic carbocycles. The molecule has 27 heavy (non-hydrogen) atoms. The van der Waals surface area contributed by atoms with Crippen molar-refractivity contribution in [2.24, 2.45) is 0 Å². The van der Waals surface area contributed by atoms with E-state index in [-0.39, 0.29) is 25.0 Å². The summed E-state index contributed by atoms with van der Waals surface area (Å²) in [5.74, 6) is 0.0221. The second kappa shape index (κ2) is 9.44. The Kier molecular flexibility index (Phi) is 6.74.